The molecule has 0 spiro atoms. The van der Waals surface area contributed by atoms with Crippen molar-refractivity contribution in [2.45, 2.75) is 57.4 Å². The molecule has 1 aromatic heterocycles. The van der Waals surface area contributed by atoms with E-state index >= 15 is 0 Å². The average Bonchev–Trinajstić information content (AvgIpc) is 2.72. The molecular formula is C16H22N2O. The van der Waals surface area contributed by atoms with E-state index in [1.807, 2.05) is 6.07 Å². The predicted molar refractivity (Wildman–Crippen MR) is 77.2 cm³/mol. The van der Waals surface area contributed by atoms with E-state index in [-0.39, 0.29) is 6.04 Å². The quantitative estimate of drug-likeness (QED) is 0.834. The number of benzene rings is 1. The summed E-state index contributed by atoms with van der Waals surface area (Å²) in [5.41, 5.74) is 9.46. The maximum Gasteiger partial charge on any atom is 0.200 e. The van der Waals surface area contributed by atoms with Crippen molar-refractivity contribution in [3.05, 3.63) is 29.7 Å². The number of hydrogen-bond donors (Lipinski definition) is 1. The molecule has 1 fully saturated rings. The first-order valence-corrected chi connectivity index (χ1v) is 7.43. The molecule has 2 unspecified atom stereocenters. The van der Waals surface area contributed by atoms with Gasteiger partial charge in [0.25, 0.3) is 0 Å². The van der Waals surface area contributed by atoms with Crippen molar-refractivity contribution in [1.82, 2.24) is 4.98 Å². The molecule has 1 heterocycles. The number of oxazole rings is 1. The molecule has 19 heavy (non-hydrogen) atoms. The summed E-state index contributed by atoms with van der Waals surface area (Å²) < 4.78 is 5.94. The van der Waals surface area contributed by atoms with Crippen molar-refractivity contribution < 1.29 is 4.42 Å². The number of hydrogen-bond acceptors (Lipinski definition) is 3. The highest BCUT2D eigenvalue weighted by molar-refractivity contribution is 5.73. The second-order valence-corrected chi connectivity index (χ2v) is 5.62. The lowest BCUT2D eigenvalue weighted by atomic mass is 9.95. The fourth-order valence-corrected chi connectivity index (χ4v) is 3.01. The Bertz CT molecular complexity index is 561. The van der Waals surface area contributed by atoms with Crippen LogP contribution in [0.4, 0.5) is 0 Å². The van der Waals surface area contributed by atoms with E-state index in [1.165, 1.54) is 24.8 Å². The first-order chi connectivity index (χ1) is 9.28. The predicted octanol–water partition coefficient (Wildman–Crippen LogP) is 3.77. The van der Waals surface area contributed by atoms with Crippen LogP contribution in [0.3, 0.4) is 0 Å². The van der Waals surface area contributed by atoms with Gasteiger partial charge in [-0.25, -0.2) is 4.98 Å². The van der Waals surface area contributed by atoms with Crippen molar-refractivity contribution in [2.75, 3.05) is 0 Å². The molecule has 2 N–H and O–H groups in total. The summed E-state index contributed by atoms with van der Waals surface area (Å²) in [5, 5.41) is 0. The maximum atomic E-state index is 6.29. The molecule has 0 saturated heterocycles. The van der Waals surface area contributed by atoms with E-state index in [4.69, 9.17) is 15.1 Å². The summed E-state index contributed by atoms with van der Waals surface area (Å²) in [7, 11) is 0. The fourth-order valence-electron chi connectivity index (χ4n) is 3.01. The molecular weight excluding hydrogens is 236 g/mol. The zero-order valence-electron chi connectivity index (χ0n) is 11.6. The van der Waals surface area contributed by atoms with Crippen LogP contribution in [0.25, 0.3) is 11.1 Å². The minimum absolute atomic E-state index is 0.196. The fraction of sp³-hybridized carbons (Fsp3) is 0.562. The molecule has 0 radical (unpaired) electrons. The second kappa shape index (κ2) is 5.33. The van der Waals surface area contributed by atoms with Gasteiger partial charge in [0.1, 0.15) is 5.52 Å². The molecule has 3 nitrogen and oxygen atoms in total. The lowest BCUT2D eigenvalue weighted by Crippen LogP contribution is -2.27. The number of aromatic nitrogens is 1. The zero-order valence-corrected chi connectivity index (χ0v) is 11.6. The van der Waals surface area contributed by atoms with E-state index in [0.29, 0.717) is 5.92 Å². The lowest BCUT2D eigenvalue weighted by molar-refractivity contribution is 0.402. The monoisotopic (exact) mass is 258 g/mol. The van der Waals surface area contributed by atoms with Gasteiger partial charge in [-0.1, -0.05) is 32.3 Å². The minimum atomic E-state index is 0.196. The van der Waals surface area contributed by atoms with E-state index in [0.717, 1.165) is 36.3 Å². The molecule has 3 heteroatoms. The third kappa shape index (κ3) is 2.52. The Morgan fingerprint density at radius 1 is 1.26 bits per heavy atom. The number of nitrogens with two attached hydrogens (primary N) is 1. The topological polar surface area (TPSA) is 52.0 Å². The molecule has 0 bridgehead atoms. The molecule has 0 aliphatic heterocycles. The molecule has 102 valence electrons. The Labute approximate surface area is 114 Å². The average molecular weight is 258 g/mol. The van der Waals surface area contributed by atoms with Crippen molar-refractivity contribution in [3.63, 3.8) is 0 Å². The first-order valence-electron chi connectivity index (χ1n) is 7.43. The van der Waals surface area contributed by atoms with Gasteiger partial charge in [0.2, 0.25) is 0 Å². The highest BCUT2D eigenvalue weighted by Crippen LogP contribution is 2.32. The number of aryl methyl sites for hydroxylation is 1. The largest absolute Gasteiger partial charge is 0.440 e. The normalized spacial score (nSPS) is 24.5. The van der Waals surface area contributed by atoms with Crippen LogP contribution in [0.5, 0.6) is 0 Å². The Morgan fingerprint density at radius 3 is 2.95 bits per heavy atom. The summed E-state index contributed by atoms with van der Waals surface area (Å²) in [6.07, 6.45) is 6.97. The summed E-state index contributed by atoms with van der Waals surface area (Å²) in [6.45, 7) is 2.16. The summed E-state index contributed by atoms with van der Waals surface area (Å²) in [4.78, 5) is 4.69. The Balaban J connectivity index is 1.95. The highest BCUT2D eigenvalue weighted by atomic mass is 16.3. The third-order valence-corrected chi connectivity index (χ3v) is 4.26. The van der Waals surface area contributed by atoms with Crippen molar-refractivity contribution in [1.29, 1.82) is 0 Å². The van der Waals surface area contributed by atoms with Crippen LogP contribution in [0.1, 0.15) is 56.4 Å². The zero-order chi connectivity index (χ0) is 13.2. The number of rotatable bonds is 2. The van der Waals surface area contributed by atoms with Gasteiger partial charge in [-0.2, -0.15) is 0 Å². The molecule has 2 atom stereocenters. The van der Waals surface area contributed by atoms with Crippen LogP contribution in [0.15, 0.2) is 22.6 Å². The first kappa shape index (κ1) is 12.7. The van der Waals surface area contributed by atoms with E-state index in [1.54, 1.807) is 0 Å². The van der Waals surface area contributed by atoms with Crippen LogP contribution < -0.4 is 5.73 Å². The Morgan fingerprint density at radius 2 is 2.11 bits per heavy atom. The van der Waals surface area contributed by atoms with Crippen molar-refractivity contribution in [3.8, 4) is 0 Å². The maximum absolute atomic E-state index is 6.29. The van der Waals surface area contributed by atoms with Crippen LogP contribution in [0, 0.1) is 0 Å². The SMILES string of the molecule is CCc1ccc2oc(C3CCCCCC3N)nc2c1. The van der Waals surface area contributed by atoms with Crippen LogP contribution in [-0.4, -0.2) is 11.0 Å². The van der Waals surface area contributed by atoms with Gasteiger partial charge >= 0.3 is 0 Å². The standard InChI is InChI=1S/C16H22N2O/c1-2-11-8-9-15-14(10-11)18-16(19-15)12-6-4-3-5-7-13(12)17/h8-10,12-13H,2-7,17H2,1H3. The van der Waals surface area contributed by atoms with Crippen molar-refractivity contribution >= 4 is 11.1 Å². The molecule has 0 amide bonds. The van der Waals surface area contributed by atoms with Crippen molar-refractivity contribution in [2.24, 2.45) is 5.73 Å². The molecule has 3 rings (SSSR count). The van der Waals surface area contributed by atoms with Gasteiger partial charge in [0.15, 0.2) is 11.5 Å². The van der Waals surface area contributed by atoms with Gasteiger partial charge in [0.05, 0.1) is 5.92 Å². The van der Waals surface area contributed by atoms with E-state index in [9.17, 15) is 0 Å². The van der Waals surface area contributed by atoms with Crippen LogP contribution >= 0.6 is 0 Å². The molecule has 1 aliphatic carbocycles. The molecule has 1 aliphatic rings. The van der Waals surface area contributed by atoms with Crippen LogP contribution in [0.2, 0.25) is 0 Å². The summed E-state index contributed by atoms with van der Waals surface area (Å²) >= 11 is 0. The van der Waals surface area contributed by atoms with Gasteiger partial charge in [-0.3, -0.25) is 0 Å². The van der Waals surface area contributed by atoms with Crippen LogP contribution in [-0.2, 0) is 6.42 Å². The van der Waals surface area contributed by atoms with Gasteiger partial charge in [-0.15, -0.1) is 0 Å². The molecule has 1 saturated carbocycles. The lowest BCUT2D eigenvalue weighted by Gasteiger charge is -2.17. The summed E-state index contributed by atoms with van der Waals surface area (Å²) in [5.74, 6) is 1.14. The minimum Gasteiger partial charge on any atom is -0.440 e. The van der Waals surface area contributed by atoms with E-state index < -0.39 is 0 Å². The third-order valence-electron chi connectivity index (χ3n) is 4.26. The second-order valence-electron chi connectivity index (χ2n) is 5.62. The van der Waals surface area contributed by atoms with Gasteiger partial charge < -0.3 is 10.2 Å². The number of fused-ring (bicyclic) bond motifs is 1. The smallest absolute Gasteiger partial charge is 0.200 e. The Kier molecular flexibility index (Phi) is 3.56. The Hall–Kier alpha value is -1.35. The molecule has 2 aromatic rings. The van der Waals surface area contributed by atoms with E-state index in [2.05, 4.69) is 19.1 Å². The summed E-state index contributed by atoms with van der Waals surface area (Å²) in [6, 6.07) is 6.48. The van der Waals surface area contributed by atoms with Gasteiger partial charge in [-0.05, 0) is 37.0 Å². The molecule has 1 aromatic carbocycles. The number of nitrogens with zero attached hydrogens (tertiary/aromatic N) is 1. The van der Waals surface area contributed by atoms with Gasteiger partial charge in [0, 0.05) is 6.04 Å². The highest BCUT2D eigenvalue weighted by Gasteiger charge is 2.26.